The van der Waals surface area contributed by atoms with Crippen molar-refractivity contribution in [2.75, 3.05) is 0 Å². The molecular formula is C18H29N3. The second-order valence-electron chi connectivity index (χ2n) is 6.11. The zero-order valence-corrected chi connectivity index (χ0v) is 13.5. The average molecular weight is 287 g/mol. The molecule has 0 radical (unpaired) electrons. The molecule has 0 spiro atoms. The zero-order chi connectivity index (χ0) is 15.1. The Balaban J connectivity index is 1.80. The zero-order valence-electron chi connectivity index (χ0n) is 13.5. The van der Waals surface area contributed by atoms with Gasteiger partial charge in [-0.2, -0.15) is 5.10 Å². The lowest BCUT2D eigenvalue weighted by Gasteiger charge is -2.10. The predicted octanol–water partition coefficient (Wildman–Crippen LogP) is 4.19. The summed E-state index contributed by atoms with van der Waals surface area (Å²) < 4.78 is 1.96. The van der Waals surface area contributed by atoms with Crippen molar-refractivity contribution < 1.29 is 0 Å². The van der Waals surface area contributed by atoms with Gasteiger partial charge in [-0.15, -0.1) is 0 Å². The molecule has 3 nitrogen and oxygen atoms in total. The van der Waals surface area contributed by atoms with Gasteiger partial charge < -0.3 is 5.73 Å². The Morgan fingerprint density at radius 3 is 2.62 bits per heavy atom. The number of aromatic nitrogens is 2. The number of fused-ring (bicyclic) bond motifs is 1. The quantitative estimate of drug-likeness (QED) is 0.703. The number of nitrogens with two attached hydrogens (primary N) is 1. The summed E-state index contributed by atoms with van der Waals surface area (Å²) in [6, 6.07) is 8.63. The molecule has 1 heterocycles. The Labute approximate surface area is 128 Å². The van der Waals surface area contributed by atoms with Crippen LogP contribution in [0.4, 0.5) is 0 Å². The SMILES string of the molecule is CCCCCCCCC(N)Cc1nn(C)c2ccccc12. The van der Waals surface area contributed by atoms with Gasteiger partial charge in [-0.1, -0.05) is 63.6 Å². The number of unbranched alkanes of at least 4 members (excludes halogenated alkanes) is 5. The number of rotatable bonds is 9. The van der Waals surface area contributed by atoms with Crippen molar-refractivity contribution in [2.45, 2.75) is 64.3 Å². The highest BCUT2D eigenvalue weighted by Crippen LogP contribution is 2.19. The monoisotopic (exact) mass is 287 g/mol. The van der Waals surface area contributed by atoms with Crippen LogP contribution in [0.5, 0.6) is 0 Å². The van der Waals surface area contributed by atoms with Crippen LogP contribution < -0.4 is 5.73 Å². The largest absolute Gasteiger partial charge is 0.327 e. The van der Waals surface area contributed by atoms with Crippen LogP contribution in [-0.4, -0.2) is 15.8 Å². The molecule has 2 N–H and O–H groups in total. The highest BCUT2D eigenvalue weighted by Gasteiger charge is 2.11. The molecule has 0 aliphatic rings. The maximum absolute atomic E-state index is 6.30. The second kappa shape index (κ2) is 8.18. The fourth-order valence-corrected chi connectivity index (χ4v) is 2.98. The van der Waals surface area contributed by atoms with Crippen molar-refractivity contribution in [3.05, 3.63) is 30.0 Å². The molecule has 3 heteroatoms. The molecule has 21 heavy (non-hydrogen) atoms. The third-order valence-electron chi connectivity index (χ3n) is 4.22. The van der Waals surface area contributed by atoms with Crippen LogP contribution in [0.1, 0.15) is 57.6 Å². The summed E-state index contributed by atoms with van der Waals surface area (Å²) in [4.78, 5) is 0. The average Bonchev–Trinajstić information content (AvgIpc) is 2.80. The molecule has 1 unspecified atom stereocenters. The van der Waals surface area contributed by atoms with Crippen molar-refractivity contribution >= 4 is 10.9 Å². The highest BCUT2D eigenvalue weighted by molar-refractivity contribution is 5.81. The first kappa shape index (κ1) is 16.0. The number of hydrogen-bond acceptors (Lipinski definition) is 2. The molecule has 116 valence electrons. The van der Waals surface area contributed by atoms with Crippen LogP contribution in [0.25, 0.3) is 10.9 Å². The molecule has 2 aromatic rings. The number of nitrogens with zero attached hydrogens (tertiary/aromatic N) is 2. The minimum atomic E-state index is 0.231. The van der Waals surface area contributed by atoms with Crippen LogP contribution in [0.15, 0.2) is 24.3 Å². The van der Waals surface area contributed by atoms with Gasteiger partial charge in [0, 0.05) is 24.9 Å². The molecule has 2 rings (SSSR count). The number of benzene rings is 1. The number of aryl methyl sites for hydroxylation is 1. The van der Waals surface area contributed by atoms with E-state index in [0.717, 1.165) is 18.5 Å². The van der Waals surface area contributed by atoms with E-state index in [1.165, 1.54) is 49.4 Å². The molecule has 0 aliphatic heterocycles. The van der Waals surface area contributed by atoms with E-state index in [9.17, 15) is 0 Å². The minimum absolute atomic E-state index is 0.231. The molecular weight excluding hydrogens is 258 g/mol. The van der Waals surface area contributed by atoms with Gasteiger partial charge in [0.1, 0.15) is 0 Å². The van der Waals surface area contributed by atoms with Gasteiger partial charge in [-0.3, -0.25) is 4.68 Å². The number of para-hydroxylation sites is 1. The minimum Gasteiger partial charge on any atom is -0.327 e. The van der Waals surface area contributed by atoms with Crippen molar-refractivity contribution in [2.24, 2.45) is 12.8 Å². The van der Waals surface area contributed by atoms with E-state index in [-0.39, 0.29) is 6.04 Å². The van der Waals surface area contributed by atoms with E-state index in [1.807, 2.05) is 11.7 Å². The molecule has 0 fully saturated rings. The predicted molar refractivity (Wildman–Crippen MR) is 90.4 cm³/mol. The summed E-state index contributed by atoms with van der Waals surface area (Å²) in [5.41, 5.74) is 8.64. The van der Waals surface area contributed by atoms with Crippen LogP contribution >= 0.6 is 0 Å². The Bertz CT molecular complexity index is 544. The van der Waals surface area contributed by atoms with Gasteiger partial charge in [0.15, 0.2) is 0 Å². The van der Waals surface area contributed by atoms with Crippen molar-refractivity contribution in [3.63, 3.8) is 0 Å². The van der Waals surface area contributed by atoms with Gasteiger partial charge in [0.25, 0.3) is 0 Å². The highest BCUT2D eigenvalue weighted by atomic mass is 15.3. The third kappa shape index (κ3) is 4.57. The Morgan fingerprint density at radius 2 is 1.81 bits per heavy atom. The standard InChI is InChI=1S/C18H29N3/c1-3-4-5-6-7-8-11-15(19)14-17-16-12-9-10-13-18(16)21(2)20-17/h9-10,12-13,15H,3-8,11,14,19H2,1-2H3. The molecule has 0 amide bonds. The van der Waals surface area contributed by atoms with Crippen molar-refractivity contribution in [3.8, 4) is 0 Å². The van der Waals surface area contributed by atoms with E-state index < -0.39 is 0 Å². The van der Waals surface area contributed by atoms with Crippen LogP contribution in [0.3, 0.4) is 0 Å². The summed E-state index contributed by atoms with van der Waals surface area (Å²) in [5.74, 6) is 0. The molecule has 1 aromatic carbocycles. The van der Waals surface area contributed by atoms with Gasteiger partial charge in [-0.25, -0.2) is 0 Å². The molecule has 1 aromatic heterocycles. The van der Waals surface area contributed by atoms with Gasteiger partial charge in [0.05, 0.1) is 11.2 Å². The maximum Gasteiger partial charge on any atom is 0.0718 e. The van der Waals surface area contributed by atoms with Crippen molar-refractivity contribution in [1.82, 2.24) is 9.78 Å². The lowest BCUT2D eigenvalue weighted by molar-refractivity contribution is 0.528. The van der Waals surface area contributed by atoms with Gasteiger partial charge in [0.2, 0.25) is 0 Å². The third-order valence-corrected chi connectivity index (χ3v) is 4.22. The number of hydrogen-bond donors (Lipinski definition) is 1. The smallest absolute Gasteiger partial charge is 0.0718 e. The first-order chi connectivity index (χ1) is 10.2. The summed E-state index contributed by atoms with van der Waals surface area (Å²) in [5, 5.41) is 5.88. The lowest BCUT2D eigenvalue weighted by atomic mass is 10.0. The molecule has 0 bridgehead atoms. The maximum atomic E-state index is 6.30. The van der Waals surface area contributed by atoms with Gasteiger partial charge in [-0.05, 0) is 12.5 Å². The molecule has 0 aliphatic carbocycles. The van der Waals surface area contributed by atoms with E-state index in [2.05, 4.69) is 36.3 Å². The van der Waals surface area contributed by atoms with Crippen LogP contribution in [-0.2, 0) is 13.5 Å². The lowest BCUT2D eigenvalue weighted by Crippen LogP contribution is -2.23. The summed E-state index contributed by atoms with van der Waals surface area (Å²) in [6.07, 6.45) is 9.96. The Hall–Kier alpha value is -1.35. The Morgan fingerprint density at radius 1 is 1.10 bits per heavy atom. The summed E-state index contributed by atoms with van der Waals surface area (Å²) in [7, 11) is 2.01. The van der Waals surface area contributed by atoms with E-state index >= 15 is 0 Å². The molecule has 0 saturated heterocycles. The molecule has 1 atom stereocenters. The van der Waals surface area contributed by atoms with E-state index in [0.29, 0.717) is 0 Å². The van der Waals surface area contributed by atoms with E-state index in [1.54, 1.807) is 0 Å². The van der Waals surface area contributed by atoms with Crippen LogP contribution in [0.2, 0.25) is 0 Å². The summed E-state index contributed by atoms with van der Waals surface area (Å²) >= 11 is 0. The Kier molecular flexibility index (Phi) is 6.24. The first-order valence-corrected chi connectivity index (χ1v) is 8.38. The second-order valence-corrected chi connectivity index (χ2v) is 6.11. The summed E-state index contributed by atoms with van der Waals surface area (Å²) in [6.45, 7) is 2.26. The van der Waals surface area contributed by atoms with E-state index in [4.69, 9.17) is 5.73 Å². The topological polar surface area (TPSA) is 43.8 Å². The fraction of sp³-hybridized carbons (Fsp3) is 0.611. The van der Waals surface area contributed by atoms with Crippen LogP contribution in [0, 0.1) is 0 Å². The van der Waals surface area contributed by atoms with Gasteiger partial charge >= 0.3 is 0 Å². The normalized spacial score (nSPS) is 12.9. The fourth-order valence-electron chi connectivity index (χ4n) is 2.98. The molecule has 0 saturated carbocycles. The van der Waals surface area contributed by atoms with Crippen molar-refractivity contribution in [1.29, 1.82) is 0 Å². The first-order valence-electron chi connectivity index (χ1n) is 8.38.